The summed E-state index contributed by atoms with van der Waals surface area (Å²) in [6.45, 7) is 10.0. The Balaban J connectivity index is 1.70. The fraction of sp³-hybridized carbons (Fsp3) is 0.545. The highest BCUT2D eigenvalue weighted by molar-refractivity contribution is 5.91. The molecule has 3 atom stereocenters. The maximum absolute atomic E-state index is 14.5. The van der Waals surface area contributed by atoms with E-state index >= 15 is 0 Å². The number of halogens is 3. The quantitative estimate of drug-likeness (QED) is 0.252. The Labute approximate surface area is 275 Å². The third-order valence-electron chi connectivity index (χ3n) is 8.29. The van der Waals surface area contributed by atoms with Gasteiger partial charge in [0.1, 0.15) is 16.4 Å². The molecule has 2 aromatic heterocycles. The standard InChI is InChI=1S/C33H40F3N5O7/c1-19(2)47-28(44)30(6,7)32(45,33(34,35)36)20-8-10-21(11-9-20)39-25-24-22(13-17-38-26(24)42)41(40-25)31(15-16-37)14-12-23(46-18-31)27(43)48-29(3,4)5/h8-11,13,17,19,23,45H,12,14-15,18H2,1-7H3,(H,38,42)(H,39,40). The number of anilines is 2. The maximum Gasteiger partial charge on any atom is 0.422 e. The molecule has 12 nitrogen and oxygen atoms in total. The van der Waals surface area contributed by atoms with Gasteiger partial charge in [-0.1, -0.05) is 12.1 Å². The number of nitrogens with one attached hydrogen (secondary N) is 2. The number of carbonyl (C=O) groups is 2. The Bertz CT molecular complexity index is 1760. The predicted molar refractivity (Wildman–Crippen MR) is 168 cm³/mol. The molecule has 48 heavy (non-hydrogen) atoms. The number of ether oxygens (including phenoxy) is 3. The number of hydrogen-bond donors (Lipinski definition) is 3. The highest BCUT2D eigenvalue weighted by Gasteiger charge is 2.67. The normalized spacial score (nSPS) is 20.2. The van der Waals surface area contributed by atoms with Gasteiger partial charge in [-0.3, -0.25) is 14.3 Å². The number of rotatable bonds is 9. The second-order valence-corrected chi connectivity index (χ2v) is 13.7. The Morgan fingerprint density at radius 3 is 2.35 bits per heavy atom. The van der Waals surface area contributed by atoms with E-state index in [2.05, 4.69) is 21.5 Å². The van der Waals surface area contributed by atoms with Crippen molar-refractivity contribution < 1.29 is 42.1 Å². The zero-order valence-corrected chi connectivity index (χ0v) is 27.8. The van der Waals surface area contributed by atoms with Crippen molar-refractivity contribution >= 4 is 34.3 Å². The number of fused-ring (bicyclic) bond motifs is 1. The molecule has 0 bridgehead atoms. The number of nitrogens with zero attached hydrogens (tertiary/aromatic N) is 3. The predicted octanol–water partition coefficient (Wildman–Crippen LogP) is 5.33. The van der Waals surface area contributed by atoms with E-state index in [-0.39, 0.29) is 42.8 Å². The smallest absolute Gasteiger partial charge is 0.422 e. The number of hydrogen-bond acceptors (Lipinski definition) is 10. The third kappa shape index (κ3) is 6.77. The molecular formula is C33H40F3N5O7. The van der Waals surface area contributed by atoms with Gasteiger partial charge in [0.25, 0.3) is 5.56 Å². The number of nitriles is 1. The van der Waals surface area contributed by atoms with Gasteiger partial charge < -0.3 is 29.6 Å². The minimum atomic E-state index is -5.26. The van der Waals surface area contributed by atoms with Gasteiger partial charge in [-0.15, -0.1) is 0 Å². The molecule has 3 N–H and O–H groups in total. The summed E-state index contributed by atoms with van der Waals surface area (Å²) in [6.07, 6.45) is -4.98. The molecule has 0 spiro atoms. The van der Waals surface area contributed by atoms with Crippen LogP contribution in [0.5, 0.6) is 0 Å². The van der Waals surface area contributed by atoms with Gasteiger partial charge in [-0.2, -0.15) is 23.5 Å². The number of aromatic nitrogens is 3. The van der Waals surface area contributed by atoms with E-state index < -0.39 is 63.6 Å². The average molecular weight is 676 g/mol. The molecule has 1 aromatic carbocycles. The van der Waals surface area contributed by atoms with Gasteiger partial charge in [-0.05, 0) is 85.1 Å². The van der Waals surface area contributed by atoms with Crippen LogP contribution < -0.4 is 10.9 Å². The topological polar surface area (TPSA) is 169 Å². The SMILES string of the molecule is CC(C)OC(=O)C(C)(C)C(O)(c1ccc(Nc2nn(C3(CC#N)CCC(C(=O)OC(C)(C)C)OC3)c3cc[nH]c(=O)c23)cc1)C(F)(F)F. The molecule has 3 aromatic rings. The average Bonchev–Trinajstić information content (AvgIpc) is 3.35. The zero-order valence-electron chi connectivity index (χ0n) is 27.8. The van der Waals surface area contributed by atoms with Crippen LogP contribution in [0.1, 0.15) is 73.3 Å². The highest BCUT2D eigenvalue weighted by atomic mass is 19.4. The molecule has 0 aliphatic carbocycles. The highest BCUT2D eigenvalue weighted by Crippen LogP contribution is 2.52. The first-order valence-electron chi connectivity index (χ1n) is 15.4. The lowest BCUT2D eigenvalue weighted by molar-refractivity contribution is -0.304. The number of carbonyl (C=O) groups excluding carboxylic acids is 2. The largest absolute Gasteiger partial charge is 0.462 e. The Kier molecular flexibility index (Phi) is 9.78. The number of pyridine rings is 1. The summed E-state index contributed by atoms with van der Waals surface area (Å²) in [5, 5.41) is 28.6. The lowest BCUT2D eigenvalue weighted by Crippen LogP contribution is -2.57. The van der Waals surface area contributed by atoms with Crippen LogP contribution in [0.15, 0.2) is 41.3 Å². The first-order valence-corrected chi connectivity index (χ1v) is 15.4. The third-order valence-corrected chi connectivity index (χ3v) is 8.29. The van der Waals surface area contributed by atoms with E-state index in [1.54, 1.807) is 26.8 Å². The molecule has 0 amide bonds. The van der Waals surface area contributed by atoms with E-state index in [0.717, 1.165) is 26.0 Å². The summed E-state index contributed by atoms with van der Waals surface area (Å²) < 4.78 is 61.4. The van der Waals surface area contributed by atoms with Crippen molar-refractivity contribution in [3.05, 3.63) is 52.4 Å². The monoisotopic (exact) mass is 675 g/mol. The number of esters is 2. The molecule has 1 fully saturated rings. The van der Waals surface area contributed by atoms with Crippen LogP contribution in [0.2, 0.25) is 0 Å². The fourth-order valence-corrected chi connectivity index (χ4v) is 5.74. The van der Waals surface area contributed by atoms with Gasteiger partial charge in [0.05, 0.1) is 36.3 Å². The van der Waals surface area contributed by atoms with Crippen molar-refractivity contribution in [3.8, 4) is 6.07 Å². The number of benzene rings is 1. The van der Waals surface area contributed by atoms with Gasteiger partial charge in [0.15, 0.2) is 11.9 Å². The first kappa shape index (κ1) is 36.4. The molecule has 1 aliphatic rings. The van der Waals surface area contributed by atoms with Crippen LogP contribution in [0, 0.1) is 16.7 Å². The van der Waals surface area contributed by atoms with E-state index in [1.165, 1.54) is 36.9 Å². The Morgan fingerprint density at radius 1 is 1.19 bits per heavy atom. The molecule has 3 heterocycles. The summed E-state index contributed by atoms with van der Waals surface area (Å²) in [5.41, 5.74) is -8.39. The van der Waals surface area contributed by atoms with E-state index in [9.17, 15) is 37.9 Å². The molecule has 0 saturated carbocycles. The van der Waals surface area contributed by atoms with Crippen LogP contribution in [-0.4, -0.2) is 62.4 Å². The Hall–Kier alpha value is -4.42. The summed E-state index contributed by atoms with van der Waals surface area (Å²) in [6, 6.07) is 8.28. The second-order valence-electron chi connectivity index (χ2n) is 13.7. The zero-order chi connectivity index (χ0) is 35.9. The number of H-pyrrole nitrogens is 1. The van der Waals surface area contributed by atoms with Crippen molar-refractivity contribution in [1.82, 2.24) is 14.8 Å². The van der Waals surface area contributed by atoms with Gasteiger partial charge in [0, 0.05) is 11.9 Å². The van der Waals surface area contributed by atoms with Crippen LogP contribution in [0.25, 0.3) is 10.9 Å². The molecule has 4 rings (SSSR count). The number of alkyl halides is 3. The van der Waals surface area contributed by atoms with Crippen LogP contribution in [-0.2, 0) is 34.9 Å². The summed E-state index contributed by atoms with van der Waals surface area (Å²) in [7, 11) is 0. The molecule has 15 heteroatoms. The molecule has 0 radical (unpaired) electrons. The van der Waals surface area contributed by atoms with Crippen LogP contribution >= 0.6 is 0 Å². The van der Waals surface area contributed by atoms with Crippen molar-refractivity contribution in [3.63, 3.8) is 0 Å². The lowest BCUT2D eigenvalue weighted by atomic mass is 9.70. The first-order chi connectivity index (χ1) is 22.2. The van der Waals surface area contributed by atoms with Crippen molar-refractivity contribution in [1.29, 1.82) is 5.26 Å². The number of aliphatic hydroxyl groups is 1. The second kappa shape index (κ2) is 12.9. The summed E-state index contributed by atoms with van der Waals surface area (Å²) in [5.74, 6) is -1.72. The summed E-state index contributed by atoms with van der Waals surface area (Å²) in [4.78, 5) is 41.0. The minimum absolute atomic E-state index is 0.0399. The maximum atomic E-state index is 14.5. The van der Waals surface area contributed by atoms with Crippen LogP contribution in [0.4, 0.5) is 24.7 Å². The molecule has 260 valence electrons. The van der Waals surface area contributed by atoms with Crippen molar-refractivity contribution in [2.75, 3.05) is 11.9 Å². The van der Waals surface area contributed by atoms with Gasteiger partial charge >= 0.3 is 18.1 Å². The minimum Gasteiger partial charge on any atom is -0.462 e. The van der Waals surface area contributed by atoms with E-state index in [1.807, 2.05) is 0 Å². The van der Waals surface area contributed by atoms with E-state index in [4.69, 9.17) is 14.2 Å². The van der Waals surface area contributed by atoms with Gasteiger partial charge in [0.2, 0.25) is 5.60 Å². The lowest BCUT2D eigenvalue weighted by Gasteiger charge is -2.42. The molecule has 3 unspecified atom stereocenters. The summed E-state index contributed by atoms with van der Waals surface area (Å²) >= 11 is 0. The van der Waals surface area contributed by atoms with Crippen LogP contribution in [0.3, 0.4) is 0 Å². The molecular weight excluding hydrogens is 635 g/mol. The van der Waals surface area contributed by atoms with Crippen molar-refractivity contribution in [2.24, 2.45) is 5.41 Å². The number of aromatic amines is 1. The van der Waals surface area contributed by atoms with Crippen molar-refractivity contribution in [2.45, 2.75) is 103 Å². The fourth-order valence-electron chi connectivity index (χ4n) is 5.74. The Morgan fingerprint density at radius 2 is 1.83 bits per heavy atom. The van der Waals surface area contributed by atoms with Gasteiger partial charge in [-0.25, -0.2) is 4.79 Å². The molecule has 1 saturated heterocycles. The molecule has 1 aliphatic heterocycles. The van der Waals surface area contributed by atoms with E-state index in [0.29, 0.717) is 5.52 Å².